The minimum atomic E-state index is -1.85. The molecule has 0 aromatic rings. The molecule has 3 heteroatoms. The van der Waals surface area contributed by atoms with Crippen molar-refractivity contribution in [3.63, 3.8) is 0 Å². The van der Waals surface area contributed by atoms with Crippen LogP contribution in [0.15, 0.2) is 0 Å². The van der Waals surface area contributed by atoms with Gasteiger partial charge in [0.15, 0.2) is 0 Å². The van der Waals surface area contributed by atoms with Crippen molar-refractivity contribution in [3.8, 4) is 0 Å². The van der Waals surface area contributed by atoms with E-state index in [1.807, 2.05) is 6.92 Å². The van der Waals surface area contributed by atoms with E-state index in [0.717, 1.165) is 6.42 Å². The molecule has 0 spiro atoms. The van der Waals surface area contributed by atoms with Crippen LogP contribution in [0.2, 0.25) is 18.1 Å². The number of carbonyl (C=O) groups is 1. The van der Waals surface area contributed by atoms with E-state index in [9.17, 15) is 4.79 Å². The maximum Gasteiger partial charge on any atom is 0.292 e. The van der Waals surface area contributed by atoms with E-state index < -0.39 is 8.32 Å². The van der Waals surface area contributed by atoms with Crippen molar-refractivity contribution in [2.75, 3.05) is 0 Å². The number of carbonyl (C=O) groups excluding carboxylic acids is 1. The molecule has 0 saturated heterocycles. The molecular formula is C10H22O2Si. The fourth-order valence-corrected chi connectivity index (χ4v) is 1.67. The molecule has 0 atom stereocenters. The molecule has 0 amide bonds. The number of hydrogen-bond acceptors (Lipinski definition) is 2. The molecule has 0 aromatic carbocycles. The van der Waals surface area contributed by atoms with E-state index in [2.05, 4.69) is 33.9 Å². The third-order valence-corrected chi connectivity index (χ3v) is 6.98. The van der Waals surface area contributed by atoms with Crippen molar-refractivity contribution in [2.45, 2.75) is 58.7 Å². The van der Waals surface area contributed by atoms with Crippen LogP contribution in [0, 0.1) is 0 Å². The Morgan fingerprint density at radius 1 is 1.31 bits per heavy atom. The summed E-state index contributed by atoms with van der Waals surface area (Å²) in [5.41, 5.74) is 0. The summed E-state index contributed by atoms with van der Waals surface area (Å²) >= 11 is 0. The summed E-state index contributed by atoms with van der Waals surface area (Å²) in [6.45, 7) is 12.6. The average molecular weight is 202 g/mol. The molecule has 0 radical (unpaired) electrons. The van der Waals surface area contributed by atoms with Crippen molar-refractivity contribution < 1.29 is 9.22 Å². The Morgan fingerprint density at radius 3 is 2.08 bits per heavy atom. The fourth-order valence-electron chi connectivity index (χ4n) is 0.693. The van der Waals surface area contributed by atoms with Crippen LogP contribution >= 0.6 is 0 Å². The third kappa shape index (κ3) is 3.94. The molecule has 0 heterocycles. The fraction of sp³-hybridized carbons (Fsp3) is 0.900. The SMILES string of the molecule is CCCC(=O)O[Si](C)(C)C(C)(C)C. The van der Waals surface area contributed by atoms with Crippen LogP contribution in [-0.4, -0.2) is 14.3 Å². The van der Waals surface area contributed by atoms with E-state index in [-0.39, 0.29) is 11.0 Å². The molecule has 0 unspecified atom stereocenters. The molecule has 0 fully saturated rings. The highest BCUT2D eigenvalue weighted by molar-refractivity contribution is 6.75. The molecule has 0 aliphatic carbocycles. The molecule has 78 valence electrons. The van der Waals surface area contributed by atoms with Crippen molar-refractivity contribution in [3.05, 3.63) is 0 Å². The van der Waals surface area contributed by atoms with Gasteiger partial charge in [-0.2, -0.15) is 0 Å². The van der Waals surface area contributed by atoms with E-state index in [1.165, 1.54) is 0 Å². The quantitative estimate of drug-likeness (QED) is 0.656. The third-order valence-electron chi connectivity index (χ3n) is 2.63. The molecule has 2 nitrogen and oxygen atoms in total. The van der Waals surface area contributed by atoms with Crippen molar-refractivity contribution >= 4 is 14.3 Å². The molecule has 0 saturated carbocycles. The summed E-state index contributed by atoms with van der Waals surface area (Å²) < 4.78 is 5.54. The van der Waals surface area contributed by atoms with Crippen LogP contribution in [0.5, 0.6) is 0 Å². The standard InChI is InChI=1S/C10H22O2Si/c1-7-8-9(11)12-13(5,6)10(2,3)4/h7-8H2,1-6H3. The van der Waals surface area contributed by atoms with Gasteiger partial charge in [0.1, 0.15) is 0 Å². The van der Waals surface area contributed by atoms with E-state index >= 15 is 0 Å². The predicted molar refractivity (Wildman–Crippen MR) is 58.2 cm³/mol. The first-order valence-electron chi connectivity index (χ1n) is 4.92. The molecule has 0 N–H and O–H groups in total. The topological polar surface area (TPSA) is 26.3 Å². The molecule has 0 rings (SSSR count). The highest BCUT2D eigenvalue weighted by Crippen LogP contribution is 2.36. The van der Waals surface area contributed by atoms with E-state index in [1.54, 1.807) is 0 Å². The van der Waals surface area contributed by atoms with Crippen molar-refractivity contribution in [1.82, 2.24) is 0 Å². The van der Waals surface area contributed by atoms with Gasteiger partial charge >= 0.3 is 0 Å². The minimum Gasteiger partial charge on any atom is -0.519 e. The lowest BCUT2D eigenvalue weighted by atomic mass is 10.2. The first-order valence-corrected chi connectivity index (χ1v) is 7.83. The maximum absolute atomic E-state index is 11.3. The van der Waals surface area contributed by atoms with Gasteiger partial charge in [0, 0.05) is 6.42 Å². The van der Waals surface area contributed by atoms with Gasteiger partial charge in [-0.25, -0.2) is 0 Å². The highest BCUT2D eigenvalue weighted by Gasteiger charge is 2.40. The van der Waals surface area contributed by atoms with Gasteiger partial charge in [0.05, 0.1) is 0 Å². The second-order valence-corrected chi connectivity index (χ2v) is 9.71. The van der Waals surface area contributed by atoms with Crippen LogP contribution in [0.1, 0.15) is 40.5 Å². The lowest BCUT2D eigenvalue weighted by molar-refractivity contribution is -0.135. The smallest absolute Gasteiger partial charge is 0.292 e. The molecule has 0 aliphatic heterocycles. The monoisotopic (exact) mass is 202 g/mol. The number of rotatable bonds is 3. The molecular weight excluding hydrogens is 180 g/mol. The zero-order valence-electron chi connectivity index (χ0n) is 9.73. The summed E-state index contributed by atoms with van der Waals surface area (Å²) in [4.78, 5) is 11.3. The van der Waals surface area contributed by atoms with Crippen LogP contribution in [-0.2, 0) is 9.22 Å². The zero-order chi connectivity index (χ0) is 10.7. The van der Waals surface area contributed by atoms with Crippen molar-refractivity contribution in [1.29, 1.82) is 0 Å². The second kappa shape index (κ2) is 4.27. The van der Waals surface area contributed by atoms with Gasteiger partial charge in [-0.3, -0.25) is 4.79 Å². The lowest BCUT2D eigenvalue weighted by Crippen LogP contribution is -2.42. The number of hydrogen-bond donors (Lipinski definition) is 0. The molecule has 0 aromatic heterocycles. The van der Waals surface area contributed by atoms with E-state index in [0.29, 0.717) is 6.42 Å². The van der Waals surface area contributed by atoms with Gasteiger partial charge in [-0.1, -0.05) is 27.7 Å². The predicted octanol–water partition coefficient (Wildman–Crippen LogP) is 3.33. The minimum absolute atomic E-state index is 0.0332. The Labute approximate surface area is 82.8 Å². The highest BCUT2D eigenvalue weighted by atomic mass is 28.4. The van der Waals surface area contributed by atoms with Gasteiger partial charge in [0.25, 0.3) is 14.3 Å². The van der Waals surface area contributed by atoms with Crippen LogP contribution < -0.4 is 0 Å². The summed E-state index contributed by atoms with van der Waals surface area (Å²) in [6.07, 6.45) is 1.42. The Morgan fingerprint density at radius 2 is 1.77 bits per heavy atom. The maximum atomic E-state index is 11.3. The summed E-state index contributed by atoms with van der Waals surface area (Å²) in [5, 5.41) is 0.121. The van der Waals surface area contributed by atoms with Gasteiger partial charge in [-0.15, -0.1) is 0 Å². The summed E-state index contributed by atoms with van der Waals surface area (Å²) in [5.74, 6) is -0.0332. The van der Waals surface area contributed by atoms with Gasteiger partial charge < -0.3 is 4.43 Å². The van der Waals surface area contributed by atoms with Crippen LogP contribution in [0.25, 0.3) is 0 Å². The molecule has 13 heavy (non-hydrogen) atoms. The van der Waals surface area contributed by atoms with Crippen LogP contribution in [0.3, 0.4) is 0 Å². The zero-order valence-corrected chi connectivity index (χ0v) is 10.7. The molecule has 0 aliphatic rings. The largest absolute Gasteiger partial charge is 0.519 e. The Kier molecular flexibility index (Phi) is 4.16. The normalized spacial score (nSPS) is 12.8. The summed E-state index contributed by atoms with van der Waals surface area (Å²) in [7, 11) is -1.85. The van der Waals surface area contributed by atoms with Crippen LogP contribution in [0.4, 0.5) is 0 Å². The van der Waals surface area contributed by atoms with Gasteiger partial charge in [0.2, 0.25) is 0 Å². The Hall–Kier alpha value is -0.313. The first kappa shape index (κ1) is 12.7. The summed E-state index contributed by atoms with van der Waals surface area (Å²) in [6, 6.07) is 0. The molecule has 0 bridgehead atoms. The first-order chi connectivity index (χ1) is 5.70. The van der Waals surface area contributed by atoms with Crippen molar-refractivity contribution in [2.24, 2.45) is 0 Å². The Balaban J connectivity index is 4.26. The van der Waals surface area contributed by atoms with Gasteiger partial charge in [-0.05, 0) is 24.6 Å². The van der Waals surface area contributed by atoms with E-state index in [4.69, 9.17) is 4.43 Å². The lowest BCUT2D eigenvalue weighted by Gasteiger charge is -2.35. The second-order valence-electron chi connectivity index (χ2n) is 4.98. The Bertz CT molecular complexity index is 180. The average Bonchev–Trinajstić information content (AvgIpc) is 1.83.